The zero-order chi connectivity index (χ0) is 18.4. The highest BCUT2D eigenvalue weighted by Crippen LogP contribution is 2.20. The first kappa shape index (κ1) is 18.9. The molecule has 0 spiro atoms. The summed E-state index contributed by atoms with van der Waals surface area (Å²) in [6.07, 6.45) is 4.18. The number of benzene rings is 1. The van der Waals surface area contributed by atoms with Gasteiger partial charge in [0, 0.05) is 19.3 Å². The summed E-state index contributed by atoms with van der Waals surface area (Å²) in [5, 5.41) is 4.43. The SMILES string of the molecule is CC1CCN(C(=S)SCC(=O)OCc2ccn(-c3ccccc3)n2)CC1. The molecule has 0 amide bonds. The van der Waals surface area contributed by atoms with Crippen LogP contribution in [-0.4, -0.2) is 43.8 Å². The second kappa shape index (κ2) is 9.19. The van der Waals surface area contributed by atoms with E-state index in [-0.39, 0.29) is 18.3 Å². The average molecular weight is 390 g/mol. The fraction of sp³-hybridized carbons (Fsp3) is 0.421. The van der Waals surface area contributed by atoms with Crippen molar-refractivity contribution in [2.45, 2.75) is 26.4 Å². The van der Waals surface area contributed by atoms with Gasteiger partial charge in [-0.05, 0) is 37.0 Å². The van der Waals surface area contributed by atoms with Gasteiger partial charge < -0.3 is 9.64 Å². The van der Waals surface area contributed by atoms with Gasteiger partial charge in [-0.2, -0.15) is 5.10 Å². The third kappa shape index (κ3) is 5.32. The van der Waals surface area contributed by atoms with Crippen molar-refractivity contribution < 1.29 is 9.53 Å². The van der Waals surface area contributed by atoms with Gasteiger partial charge in [-0.1, -0.05) is 49.1 Å². The van der Waals surface area contributed by atoms with E-state index in [1.54, 1.807) is 4.68 Å². The van der Waals surface area contributed by atoms with Gasteiger partial charge in [-0.3, -0.25) is 4.79 Å². The number of likely N-dealkylation sites (tertiary alicyclic amines) is 1. The third-order valence-corrected chi connectivity index (χ3v) is 5.90. The number of aromatic nitrogens is 2. The average Bonchev–Trinajstić information content (AvgIpc) is 3.15. The second-order valence-corrected chi connectivity index (χ2v) is 8.08. The molecule has 0 saturated carbocycles. The van der Waals surface area contributed by atoms with Crippen LogP contribution in [0.1, 0.15) is 25.5 Å². The molecule has 1 aliphatic rings. The van der Waals surface area contributed by atoms with Crippen molar-refractivity contribution in [1.82, 2.24) is 14.7 Å². The number of thiocarbonyl (C=S) groups is 1. The quantitative estimate of drug-likeness (QED) is 0.574. The Balaban J connectivity index is 1.40. The van der Waals surface area contributed by atoms with Crippen LogP contribution in [0.15, 0.2) is 42.6 Å². The van der Waals surface area contributed by atoms with Crippen LogP contribution in [0.25, 0.3) is 5.69 Å². The smallest absolute Gasteiger partial charge is 0.316 e. The van der Waals surface area contributed by atoms with Crippen LogP contribution in [0, 0.1) is 5.92 Å². The first-order valence-corrected chi connectivity index (χ1v) is 10.2. The maximum absolute atomic E-state index is 12.0. The number of carbonyl (C=O) groups excluding carboxylic acids is 1. The minimum atomic E-state index is -0.267. The highest BCUT2D eigenvalue weighted by Gasteiger charge is 2.19. The monoisotopic (exact) mass is 389 g/mol. The van der Waals surface area contributed by atoms with Crippen molar-refractivity contribution in [2.24, 2.45) is 5.92 Å². The summed E-state index contributed by atoms with van der Waals surface area (Å²) in [5.41, 5.74) is 1.70. The van der Waals surface area contributed by atoms with Crippen molar-refractivity contribution in [3.8, 4) is 5.69 Å². The van der Waals surface area contributed by atoms with Crippen LogP contribution in [0.4, 0.5) is 0 Å². The Morgan fingerprint density at radius 1 is 1.27 bits per heavy atom. The van der Waals surface area contributed by atoms with E-state index < -0.39 is 0 Å². The molecule has 0 radical (unpaired) electrons. The number of esters is 1. The molecule has 138 valence electrons. The van der Waals surface area contributed by atoms with E-state index in [4.69, 9.17) is 17.0 Å². The van der Waals surface area contributed by atoms with Gasteiger partial charge in [0.2, 0.25) is 0 Å². The first-order valence-electron chi connectivity index (χ1n) is 8.79. The Morgan fingerprint density at radius 3 is 2.73 bits per heavy atom. The summed E-state index contributed by atoms with van der Waals surface area (Å²) < 4.78 is 7.88. The molecule has 0 unspecified atom stereocenters. The molecule has 2 heterocycles. The zero-order valence-electron chi connectivity index (χ0n) is 14.8. The number of hydrogen-bond donors (Lipinski definition) is 0. The lowest BCUT2D eigenvalue weighted by Crippen LogP contribution is -2.35. The van der Waals surface area contributed by atoms with Crippen LogP contribution in [-0.2, 0) is 16.1 Å². The van der Waals surface area contributed by atoms with Gasteiger partial charge in [0.25, 0.3) is 0 Å². The van der Waals surface area contributed by atoms with E-state index in [9.17, 15) is 4.79 Å². The topological polar surface area (TPSA) is 47.4 Å². The van der Waals surface area contributed by atoms with E-state index in [1.807, 2.05) is 42.6 Å². The summed E-state index contributed by atoms with van der Waals surface area (Å²) in [7, 11) is 0. The van der Waals surface area contributed by atoms with Crippen molar-refractivity contribution in [2.75, 3.05) is 18.8 Å². The Hall–Kier alpha value is -1.86. The number of thioether (sulfide) groups is 1. The molecule has 5 nitrogen and oxygen atoms in total. The molecule has 26 heavy (non-hydrogen) atoms. The van der Waals surface area contributed by atoms with E-state index in [2.05, 4.69) is 16.9 Å². The molecule has 0 aliphatic carbocycles. The Labute approximate surface area is 163 Å². The van der Waals surface area contributed by atoms with Gasteiger partial charge in [0.1, 0.15) is 16.6 Å². The predicted molar refractivity (Wildman–Crippen MR) is 108 cm³/mol. The number of rotatable bonds is 5. The molecular weight excluding hydrogens is 366 g/mol. The molecule has 1 aromatic carbocycles. The molecular formula is C19H23N3O2S2. The summed E-state index contributed by atoms with van der Waals surface area (Å²) in [6.45, 7) is 4.41. The van der Waals surface area contributed by atoms with Crippen LogP contribution in [0.5, 0.6) is 0 Å². The molecule has 1 aliphatic heterocycles. The van der Waals surface area contributed by atoms with Gasteiger partial charge in [0.05, 0.1) is 11.4 Å². The summed E-state index contributed by atoms with van der Waals surface area (Å²) in [6, 6.07) is 11.7. The fourth-order valence-corrected chi connectivity index (χ4v) is 3.81. The molecule has 1 fully saturated rings. The Kier molecular flexibility index (Phi) is 6.68. The van der Waals surface area contributed by atoms with E-state index >= 15 is 0 Å². The highest BCUT2D eigenvalue weighted by atomic mass is 32.2. The van der Waals surface area contributed by atoms with Crippen molar-refractivity contribution in [1.29, 1.82) is 0 Å². The highest BCUT2D eigenvalue weighted by molar-refractivity contribution is 8.23. The predicted octanol–water partition coefficient (Wildman–Crippen LogP) is 3.67. The van der Waals surface area contributed by atoms with Crippen LogP contribution >= 0.6 is 24.0 Å². The normalized spacial score (nSPS) is 15.0. The number of para-hydroxylation sites is 1. The molecule has 1 saturated heterocycles. The number of ether oxygens (including phenoxy) is 1. The molecule has 7 heteroatoms. The van der Waals surface area contributed by atoms with Gasteiger partial charge in [-0.15, -0.1) is 0 Å². The van der Waals surface area contributed by atoms with Gasteiger partial charge >= 0.3 is 5.97 Å². The minimum absolute atomic E-state index is 0.174. The van der Waals surface area contributed by atoms with Crippen molar-refractivity contribution in [3.63, 3.8) is 0 Å². The zero-order valence-corrected chi connectivity index (χ0v) is 16.5. The number of piperidine rings is 1. The summed E-state index contributed by atoms with van der Waals surface area (Å²) in [4.78, 5) is 14.2. The summed E-state index contributed by atoms with van der Waals surface area (Å²) >= 11 is 6.82. The van der Waals surface area contributed by atoms with Crippen LogP contribution < -0.4 is 0 Å². The van der Waals surface area contributed by atoms with Crippen LogP contribution in [0.2, 0.25) is 0 Å². The second-order valence-electron chi connectivity index (χ2n) is 6.47. The Bertz CT molecular complexity index is 740. The molecule has 2 aromatic rings. The lowest BCUT2D eigenvalue weighted by molar-refractivity contribution is -0.141. The van der Waals surface area contributed by atoms with E-state index in [0.717, 1.165) is 47.6 Å². The van der Waals surface area contributed by atoms with Crippen molar-refractivity contribution >= 4 is 34.3 Å². The lowest BCUT2D eigenvalue weighted by Gasteiger charge is -2.31. The Morgan fingerprint density at radius 2 is 2.00 bits per heavy atom. The number of nitrogens with zero attached hydrogens (tertiary/aromatic N) is 3. The molecule has 3 rings (SSSR count). The number of hydrogen-bond acceptors (Lipinski definition) is 5. The molecule has 0 bridgehead atoms. The van der Waals surface area contributed by atoms with Gasteiger partial charge in [0.15, 0.2) is 0 Å². The van der Waals surface area contributed by atoms with Crippen LogP contribution in [0.3, 0.4) is 0 Å². The van der Waals surface area contributed by atoms with E-state index in [0.29, 0.717) is 0 Å². The number of carbonyl (C=O) groups is 1. The molecule has 1 aromatic heterocycles. The molecule has 0 atom stereocenters. The molecule has 0 N–H and O–H groups in total. The van der Waals surface area contributed by atoms with E-state index in [1.165, 1.54) is 11.8 Å². The third-order valence-electron chi connectivity index (χ3n) is 4.40. The largest absolute Gasteiger partial charge is 0.458 e. The summed E-state index contributed by atoms with van der Waals surface area (Å²) in [5.74, 6) is 0.737. The standard InChI is InChI=1S/C19H23N3O2S2/c1-15-7-10-21(11-8-15)19(25)26-14-18(23)24-13-16-9-12-22(20-16)17-5-3-2-4-6-17/h2-6,9,12,15H,7-8,10-11,13-14H2,1H3. The fourth-order valence-electron chi connectivity index (χ4n) is 2.76. The van der Waals surface area contributed by atoms with Gasteiger partial charge in [-0.25, -0.2) is 4.68 Å². The minimum Gasteiger partial charge on any atom is -0.458 e. The maximum Gasteiger partial charge on any atom is 0.316 e. The maximum atomic E-state index is 12.0. The lowest BCUT2D eigenvalue weighted by atomic mass is 10.00. The van der Waals surface area contributed by atoms with Crippen molar-refractivity contribution in [3.05, 3.63) is 48.3 Å². The first-order chi connectivity index (χ1) is 12.6.